The quantitative estimate of drug-likeness (QED) is 0.794. The highest BCUT2D eigenvalue weighted by atomic mass is 16.2. The number of likely N-dealkylation sites (tertiary alicyclic amines) is 1. The molecule has 0 radical (unpaired) electrons. The molecule has 2 atom stereocenters. The van der Waals surface area contributed by atoms with E-state index in [0.717, 1.165) is 24.0 Å². The maximum absolute atomic E-state index is 12.6. The van der Waals surface area contributed by atoms with Gasteiger partial charge in [0.15, 0.2) is 0 Å². The number of carbonyl (C=O) groups excluding carboxylic acids is 1. The minimum Gasteiger partial charge on any atom is -0.337 e. The number of piperidine rings is 1. The SMILES string of the molecule is C[C@@H]1C[C@@H](C)CN(C(=O)c2ccc3ccccc3n2)C1. The lowest BCUT2D eigenvalue weighted by Gasteiger charge is -2.34. The van der Waals surface area contributed by atoms with Gasteiger partial charge in [-0.15, -0.1) is 0 Å². The van der Waals surface area contributed by atoms with Crippen LogP contribution in [0.1, 0.15) is 30.8 Å². The zero-order valence-corrected chi connectivity index (χ0v) is 12.0. The van der Waals surface area contributed by atoms with Crippen LogP contribution in [0.2, 0.25) is 0 Å². The molecule has 0 N–H and O–H groups in total. The summed E-state index contributed by atoms with van der Waals surface area (Å²) in [6.07, 6.45) is 1.20. The van der Waals surface area contributed by atoms with Crippen LogP contribution in [0.5, 0.6) is 0 Å². The fraction of sp³-hybridized carbons (Fsp3) is 0.412. The fourth-order valence-corrected chi connectivity index (χ4v) is 3.18. The summed E-state index contributed by atoms with van der Waals surface area (Å²) >= 11 is 0. The first-order valence-electron chi connectivity index (χ1n) is 7.28. The Labute approximate surface area is 119 Å². The zero-order valence-electron chi connectivity index (χ0n) is 12.0. The van der Waals surface area contributed by atoms with Crippen molar-refractivity contribution in [3.8, 4) is 0 Å². The van der Waals surface area contributed by atoms with E-state index in [1.165, 1.54) is 6.42 Å². The van der Waals surface area contributed by atoms with Gasteiger partial charge in [0.05, 0.1) is 5.52 Å². The zero-order chi connectivity index (χ0) is 14.1. The third kappa shape index (κ3) is 2.53. The summed E-state index contributed by atoms with van der Waals surface area (Å²) in [5.41, 5.74) is 1.45. The van der Waals surface area contributed by atoms with Gasteiger partial charge in [0.25, 0.3) is 5.91 Å². The van der Waals surface area contributed by atoms with Crippen LogP contribution in [0.4, 0.5) is 0 Å². The van der Waals surface area contributed by atoms with E-state index < -0.39 is 0 Å². The van der Waals surface area contributed by atoms with Crippen molar-refractivity contribution in [1.82, 2.24) is 9.88 Å². The molecule has 1 aromatic heterocycles. The van der Waals surface area contributed by atoms with E-state index in [-0.39, 0.29) is 5.91 Å². The van der Waals surface area contributed by atoms with Crippen LogP contribution in [-0.2, 0) is 0 Å². The van der Waals surface area contributed by atoms with Crippen LogP contribution < -0.4 is 0 Å². The van der Waals surface area contributed by atoms with Crippen LogP contribution in [0.3, 0.4) is 0 Å². The third-order valence-corrected chi connectivity index (χ3v) is 3.97. The second-order valence-corrected chi connectivity index (χ2v) is 6.05. The summed E-state index contributed by atoms with van der Waals surface area (Å²) in [4.78, 5) is 19.1. The van der Waals surface area contributed by atoms with Crippen molar-refractivity contribution in [3.63, 3.8) is 0 Å². The largest absolute Gasteiger partial charge is 0.337 e. The number of nitrogens with zero attached hydrogens (tertiary/aromatic N) is 2. The normalized spacial score (nSPS) is 23.0. The van der Waals surface area contributed by atoms with E-state index in [4.69, 9.17) is 0 Å². The van der Waals surface area contributed by atoms with E-state index in [1.54, 1.807) is 0 Å². The molecule has 0 saturated carbocycles. The number of carbonyl (C=O) groups is 1. The Morgan fingerprint density at radius 2 is 1.80 bits per heavy atom. The number of pyridine rings is 1. The van der Waals surface area contributed by atoms with Gasteiger partial charge in [-0.05, 0) is 30.4 Å². The average molecular weight is 268 g/mol. The number of rotatable bonds is 1. The van der Waals surface area contributed by atoms with Crippen LogP contribution in [0.25, 0.3) is 10.9 Å². The Kier molecular flexibility index (Phi) is 3.43. The molecule has 1 aromatic carbocycles. The van der Waals surface area contributed by atoms with Gasteiger partial charge in [0.1, 0.15) is 5.69 Å². The van der Waals surface area contributed by atoms with E-state index in [9.17, 15) is 4.79 Å². The van der Waals surface area contributed by atoms with Gasteiger partial charge in [0.2, 0.25) is 0 Å². The molecular formula is C17H20N2O. The number of amides is 1. The van der Waals surface area contributed by atoms with Gasteiger partial charge in [-0.25, -0.2) is 4.98 Å². The molecule has 3 heteroatoms. The minimum absolute atomic E-state index is 0.0640. The summed E-state index contributed by atoms with van der Waals surface area (Å²) in [7, 11) is 0. The highest BCUT2D eigenvalue weighted by Gasteiger charge is 2.26. The van der Waals surface area contributed by atoms with Crippen molar-refractivity contribution in [2.45, 2.75) is 20.3 Å². The molecule has 2 heterocycles. The highest BCUT2D eigenvalue weighted by molar-refractivity contribution is 5.95. The second kappa shape index (κ2) is 5.23. The highest BCUT2D eigenvalue weighted by Crippen LogP contribution is 2.22. The Bertz CT molecular complexity index is 628. The van der Waals surface area contributed by atoms with Crippen LogP contribution >= 0.6 is 0 Å². The fourth-order valence-electron chi connectivity index (χ4n) is 3.18. The topological polar surface area (TPSA) is 33.2 Å². The van der Waals surface area contributed by atoms with E-state index in [0.29, 0.717) is 17.5 Å². The Morgan fingerprint density at radius 1 is 1.10 bits per heavy atom. The van der Waals surface area contributed by atoms with Gasteiger partial charge in [-0.1, -0.05) is 38.1 Å². The Balaban J connectivity index is 1.88. The summed E-state index contributed by atoms with van der Waals surface area (Å²) < 4.78 is 0. The maximum atomic E-state index is 12.6. The van der Waals surface area contributed by atoms with Crippen molar-refractivity contribution in [3.05, 3.63) is 42.1 Å². The smallest absolute Gasteiger partial charge is 0.272 e. The molecule has 0 bridgehead atoms. The lowest BCUT2D eigenvalue weighted by molar-refractivity contribution is 0.0617. The molecule has 0 aliphatic carbocycles. The second-order valence-electron chi connectivity index (χ2n) is 6.05. The lowest BCUT2D eigenvalue weighted by Crippen LogP contribution is -2.42. The molecular weight excluding hydrogens is 248 g/mol. The minimum atomic E-state index is 0.0640. The van der Waals surface area contributed by atoms with Crippen molar-refractivity contribution < 1.29 is 4.79 Å². The predicted molar refractivity (Wildman–Crippen MR) is 80.6 cm³/mol. The first-order valence-corrected chi connectivity index (χ1v) is 7.28. The van der Waals surface area contributed by atoms with Crippen molar-refractivity contribution in [2.75, 3.05) is 13.1 Å². The van der Waals surface area contributed by atoms with E-state index >= 15 is 0 Å². The van der Waals surface area contributed by atoms with Gasteiger partial charge < -0.3 is 4.90 Å². The molecule has 20 heavy (non-hydrogen) atoms. The van der Waals surface area contributed by atoms with E-state index in [1.807, 2.05) is 41.3 Å². The molecule has 1 fully saturated rings. The van der Waals surface area contributed by atoms with Crippen LogP contribution in [0.15, 0.2) is 36.4 Å². The van der Waals surface area contributed by atoms with Crippen molar-refractivity contribution in [2.24, 2.45) is 11.8 Å². The third-order valence-electron chi connectivity index (χ3n) is 3.97. The van der Waals surface area contributed by atoms with Crippen LogP contribution in [0, 0.1) is 11.8 Å². The molecule has 3 rings (SSSR count). The van der Waals surface area contributed by atoms with Gasteiger partial charge in [-0.2, -0.15) is 0 Å². The molecule has 2 aromatic rings. The summed E-state index contributed by atoms with van der Waals surface area (Å²) in [6, 6.07) is 11.7. The Morgan fingerprint density at radius 3 is 2.55 bits per heavy atom. The molecule has 0 spiro atoms. The van der Waals surface area contributed by atoms with Gasteiger partial charge in [0, 0.05) is 18.5 Å². The van der Waals surface area contributed by atoms with Crippen molar-refractivity contribution in [1.29, 1.82) is 0 Å². The lowest BCUT2D eigenvalue weighted by atomic mass is 9.92. The molecule has 1 amide bonds. The summed E-state index contributed by atoms with van der Waals surface area (Å²) in [6.45, 7) is 6.11. The monoisotopic (exact) mass is 268 g/mol. The number of hydrogen-bond donors (Lipinski definition) is 0. The number of para-hydroxylation sites is 1. The van der Waals surface area contributed by atoms with E-state index in [2.05, 4.69) is 18.8 Å². The maximum Gasteiger partial charge on any atom is 0.272 e. The summed E-state index contributed by atoms with van der Waals surface area (Å²) in [5.74, 6) is 1.21. The molecule has 1 aliphatic heterocycles. The number of hydrogen-bond acceptors (Lipinski definition) is 2. The molecule has 3 nitrogen and oxygen atoms in total. The predicted octanol–water partition coefficient (Wildman–Crippen LogP) is 3.35. The summed E-state index contributed by atoms with van der Waals surface area (Å²) in [5, 5.41) is 1.07. The first kappa shape index (κ1) is 13.1. The number of fused-ring (bicyclic) bond motifs is 1. The Hall–Kier alpha value is -1.90. The molecule has 0 unspecified atom stereocenters. The molecule has 104 valence electrons. The van der Waals surface area contributed by atoms with Gasteiger partial charge in [-0.3, -0.25) is 4.79 Å². The first-order chi connectivity index (χ1) is 9.63. The standard InChI is InChI=1S/C17H20N2O/c1-12-9-13(2)11-19(10-12)17(20)16-8-7-14-5-3-4-6-15(14)18-16/h3-8,12-13H,9-11H2,1-2H3/t12-,13-/m1/s1. The number of benzene rings is 1. The molecule has 1 saturated heterocycles. The van der Waals surface area contributed by atoms with Gasteiger partial charge >= 0.3 is 0 Å². The average Bonchev–Trinajstić information content (AvgIpc) is 2.45. The molecule has 1 aliphatic rings. The van der Waals surface area contributed by atoms with Crippen molar-refractivity contribution >= 4 is 16.8 Å². The van der Waals surface area contributed by atoms with Crippen LogP contribution in [-0.4, -0.2) is 28.9 Å². The number of aromatic nitrogens is 1.